The van der Waals surface area contributed by atoms with Crippen molar-refractivity contribution in [1.82, 2.24) is 0 Å². The minimum atomic E-state index is -6.29. The molecule has 6 nitrogen and oxygen atoms in total. The monoisotopic (exact) mass is 380 g/mol. The van der Waals surface area contributed by atoms with Gasteiger partial charge >= 0.3 is 27.3 Å². The third-order valence-corrected chi connectivity index (χ3v) is 4.71. The Hall–Kier alpha value is -0.940. The fourth-order valence-electron chi connectivity index (χ4n) is 2.53. The molecule has 0 aromatic rings. The molecule has 0 aliphatic heterocycles. The zero-order chi connectivity index (χ0) is 19.0. The molecule has 0 unspecified atom stereocenters. The Morgan fingerprint density at radius 3 is 2.12 bits per heavy atom. The van der Waals surface area contributed by atoms with Crippen LogP contribution in [0.15, 0.2) is 0 Å². The van der Waals surface area contributed by atoms with Crippen LogP contribution >= 0.6 is 0 Å². The average molecular weight is 380 g/mol. The molecule has 0 aromatic heterocycles. The Balaban J connectivity index is 2.42. The second-order valence-corrected chi connectivity index (χ2v) is 8.13. The van der Waals surface area contributed by atoms with Crippen LogP contribution in [0.5, 0.6) is 0 Å². The number of carbonyl (C=O) groups excluding carboxylic acids is 1. The number of alkyl halides is 4. The van der Waals surface area contributed by atoms with Crippen LogP contribution in [-0.2, 0) is 19.6 Å². The molecule has 1 rings (SSSR count). The zero-order valence-corrected chi connectivity index (χ0v) is 14.0. The van der Waals surface area contributed by atoms with E-state index in [0.29, 0.717) is 19.3 Å². The molecule has 1 aliphatic rings. The molecule has 0 radical (unpaired) electrons. The molecular formula is C13H20F4O6S. The van der Waals surface area contributed by atoms with E-state index in [0.717, 1.165) is 0 Å². The molecule has 24 heavy (non-hydrogen) atoms. The second-order valence-electron chi connectivity index (χ2n) is 6.66. The molecule has 0 spiro atoms. The molecule has 0 atom stereocenters. The lowest BCUT2D eigenvalue weighted by Gasteiger charge is -2.36. The Bertz CT molecular complexity index is 564. The lowest BCUT2D eigenvalue weighted by atomic mass is 9.70. The normalized spacial score (nSPS) is 22.8. The predicted octanol–water partition coefficient (Wildman–Crippen LogP) is 2.22. The number of hydrogen-bond donors (Lipinski definition) is 2. The first-order chi connectivity index (χ1) is 10.6. The molecule has 2 N–H and O–H groups in total. The lowest BCUT2D eigenvalue weighted by Crippen LogP contribution is -2.47. The number of hydrogen-bond acceptors (Lipinski definition) is 5. The first-order valence-corrected chi connectivity index (χ1v) is 8.62. The van der Waals surface area contributed by atoms with E-state index in [1.165, 1.54) is 0 Å². The summed E-state index contributed by atoms with van der Waals surface area (Å²) in [5.74, 6) is -6.40. The molecule has 1 aliphatic carbocycles. The quantitative estimate of drug-likeness (QED) is 0.380. The highest BCUT2D eigenvalue weighted by molar-refractivity contribution is 7.87. The van der Waals surface area contributed by atoms with Crippen molar-refractivity contribution in [3.63, 3.8) is 0 Å². The third-order valence-electron chi connectivity index (χ3n) is 3.77. The summed E-state index contributed by atoms with van der Waals surface area (Å²) in [7, 11) is -6.29. The van der Waals surface area contributed by atoms with Gasteiger partial charge in [0, 0.05) is 0 Å². The number of halogens is 4. The maximum atomic E-state index is 13.2. The van der Waals surface area contributed by atoms with Crippen molar-refractivity contribution in [3.05, 3.63) is 0 Å². The number of ether oxygens (including phenoxy) is 1. The fraction of sp³-hybridized carbons (Fsp3) is 0.923. The fourth-order valence-corrected chi connectivity index (χ4v) is 3.01. The van der Waals surface area contributed by atoms with E-state index in [4.69, 9.17) is 4.55 Å². The summed E-state index contributed by atoms with van der Waals surface area (Å²) in [6, 6.07) is 0. The molecule has 1 saturated carbocycles. The van der Waals surface area contributed by atoms with Gasteiger partial charge in [0.1, 0.15) is 0 Å². The maximum Gasteiger partial charge on any atom is 0.431 e. The van der Waals surface area contributed by atoms with Crippen molar-refractivity contribution >= 4 is 16.1 Å². The van der Waals surface area contributed by atoms with Gasteiger partial charge in [0.15, 0.2) is 0 Å². The Labute approximate surface area is 136 Å². The van der Waals surface area contributed by atoms with Crippen LogP contribution in [0, 0.1) is 11.8 Å². The third kappa shape index (κ3) is 5.03. The smallest absolute Gasteiger partial charge is 0.431 e. The van der Waals surface area contributed by atoms with Gasteiger partial charge in [0.25, 0.3) is 0 Å². The molecular weight excluding hydrogens is 360 g/mol. The summed E-state index contributed by atoms with van der Waals surface area (Å²) < 4.78 is 85.5. The highest BCUT2D eigenvalue weighted by atomic mass is 32.2. The van der Waals surface area contributed by atoms with Gasteiger partial charge in [-0.25, -0.2) is 0 Å². The Morgan fingerprint density at radius 2 is 1.71 bits per heavy atom. The van der Waals surface area contributed by atoms with Gasteiger partial charge in [-0.1, -0.05) is 0 Å². The summed E-state index contributed by atoms with van der Waals surface area (Å²) in [5, 5.41) is 3.94. The average Bonchev–Trinajstić information content (AvgIpc) is 2.29. The van der Waals surface area contributed by atoms with Gasteiger partial charge in [-0.3, -0.25) is 9.35 Å². The first kappa shape index (κ1) is 21.1. The maximum absolute atomic E-state index is 13.2. The van der Waals surface area contributed by atoms with Crippen molar-refractivity contribution in [1.29, 1.82) is 0 Å². The van der Waals surface area contributed by atoms with Crippen LogP contribution in [0.4, 0.5) is 17.6 Å². The minimum Gasteiger partial charge on any atom is -0.465 e. The van der Waals surface area contributed by atoms with E-state index in [9.17, 15) is 35.9 Å². The van der Waals surface area contributed by atoms with Crippen LogP contribution in [0.2, 0.25) is 0 Å². The topological polar surface area (TPSA) is 101 Å². The molecule has 11 heteroatoms. The van der Waals surface area contributed by atoms with Gasteiger partial charge in [0.2, 0.25) is 0 Å². The minimum absolute atomic E-state index is 0.0767. The van der Waals surface area contributed by atoms with Crippen LogP contribution in [0.1, 0.15) is 39.5 Å². The number of esters is 1. The molecule has 0 amide bonds. The highest BCUT2D eigenvalue weighted by Gasteiger charge is 2.65. The van der Waals surface area contributed by atoms with Gasteiger partial charge in [0.05, 0.1) is 24.5 Å². The van der Waals surface area contributed by atoms with Crippen molar-refractivity contribution in [3.8, 4) is 0 Å². The van der Waals surface area contributed by atoms with E-state index in [2.05, 4.69) is 4.74 Å². The Kier molecular flexibility index (Phi) is 5.94. The van der Waals surface area contributed by atoms with Crippen LogP contribution in [0.3, 0.4) is 0 Å². The Morgan fingerprint density at radius 1 is 1.21 bits per heavy atom. The summed E-state index contributed by atoms with van der Waals surface area (Å²) in [6.07, 6.45) is -0.512. The van der Waals surface area contributed by atoms with E-state index < -0.39 is 51.8 Å². The van der Waals surface area contributed by atoms with E-state index in [1.54, 1.807) is 13.8 Å². The van der Waals surface area contributed by atoms with Crippen molar-refractivity contribution in [2.24, 2.45) is 11.8 Å². The van der Waals surface area contributed by atoms with Crippen LogP contribution in [0.25, 0.3) is 0 Å². The number of aliphatic hydroxyl groups is 1. The second kappa shape index (κ2) is 6.75. The molecule has 0 bridgehead atoms. The lowest BCUT2D eigenvalue weighted by molar-refractivity contribution is -0.177. The van der Waals surface area contributed by atoms with E-state index in [-0.39, 0.29) is 5.92 Å². The summed E-state index contributed by atoms with van der Waals surface area (Å²) in [5.41, 5.74) is -0.900. The zero-order valence-electron chi connectivity index (χ0n) is 13.1. The van der Waals surface area contributed by atoms with Gasteiger partial charge in [-0.2, -0.15) is 26.0 Å². The van der Waals surface area contributed by atoms with Gasteiger partial charge < -0.3 is 9.84 Å². The SMILES string of the molecule is CC(C)(O)CC1CC(C(=O)OCCC(F)(F)C(F)(F)S(=O)(=O)O)C1. The van der Waals surface area contributed by atoms with Crippen molar-refractivity contribution in [2.45, 2.75) is 56.3 Å². The molecule has 142 valence electrons. The van der Waals surface area contributed by atoms with Crippen LogP contribution in [-0.4, -0.2) is 47.4 Å². The standard InChI is InChI=1S/C13H20F4O6S/c1-11(2,19)7-8-5-9(6-8)10(18)23-4-3-12(14,15)13(16,17)24(20,21)22/h8-9,19H,3-7H2,1-2H3,(H,20,21,22). The van der Waals surface area contributed by atoms with E-state index >= 15 is 0 Å². The number of rotatable bonds is 8. The largest absolute Gasteiger partial charge is 0.465 e. The predicted molar refractivity (Wildman–Crippen MR) is 74.1 cm³/mol. The van der Waals surface area contributed by atoms with Crippen molar-refractivity contribution in [2.75, 3.05) is 6.61 Å². The van der Waals surface area contributed by atoms with Crippen molar-refractivity contribution < 1.29 is 45.2 Å². The molecule has 0 heterocycles. The first-order valence-electron chi connectivity index (χ1n) is 7.18. The molecule has 0 aromatic carbocycles. The molecule has 1 fully saturated rings. The van der Waals surface area contributed by atoms with Gasteiger partial charge in [-0.05, 0) is 39.0 Å². The summed E-state index contributed by atoms with van der Waals surface area (Å²) in [6.45, 7) is 2.11. The molecule has 0 saturated heterocycles. The number of carbonyl (C=O) groups is 1. The van der Waals surface area contributed by atoms with Crippen LogP contribution < -0.4 is 0 Å². The highest BCUT2D eigenvalue weighted by Crippen LogP contribution is 2.42. The summed E-state index contributed by atoms with van der Waals surface area (Å²) in [4.78, 5) is 11.6. The van der Waals surface area contributed by atoms with Gasteiger partial charge in [-0.15, -0.1) is 0 Å². The summed E-state index contributed by atoms with van der Waals surface area (Å²) >= 11 is 0. The van der Waals surface area contributed by atoms with E-state index in [1.807, 2.05) is 0 Å².